The highest BCUT2D eigenvalue weighted by Gasteiger charge is 2.39. The minimum atomic E-state index is -0.354. The van der Waals surface area contributed by atoms with E-state index < -0.39 is 0 Å². The average Bonchev–Trinajstić information content (AvgIpc) is 3.15. The van der Waals surface area contributed by atoms with Gasteiger partial charge in [-0.25, -0.2) is 0 Å². The number of nitrogens with two attached hydrogens (primary N) is 3. The molecule has 0 bridgehead atoms. The minimum Gasteiger partial charge on any atom is -0.393 e. The molecule has 8 N–H and O–H groups in total. The quantitative estimate of drug-likeness (QED) is 0.204. The van der Waals surface area contributed by atoms with Gasteiger partial charge < -0.3 is 32.3 Å². The summed E-state index contributed by atoms with van der Waals surface area (Å²) in [4.78, 5) is 35.7. The summed E-state index contributed by atoms with van der Waals surface area (Å²) in [6.07, 6.45) is 11.5. The van der Waals surface area contributed by atoms with Gasteiger partial charge in [0.2, 0.25) is 17.7 Å². The molecule has 2 rings (SSSR count). The molecule has 3 amide bonds. The molecule has 0 radical (unpaired) electrons. The third-order valence-corrected chi connectivity index (χ3v) is 8.36. The van der Waals surface area contributed by atoms with E-state index in [4.69, 9.17) is 17.2 Å². The van der Waals surface area contributed by atoms with Gasteiger partial charge in [0.25, 0.3) is 0 Å². The molecule has 35 heavy (non-hydrogen) atoms. The highest BCUT2D eigenvalue weighted by atomic mass is 16.3. The van der Waals surface area contributed by atoms with Crippen LogP contribution in [0.3, 0.4) is 0 Å². The monoisotopic (exact) mass is 496 g/mol. The van der Waals surface area contributed by atoms with Crippen LogP contribution < -0.4 is 17.2 Å². The first kappa shape index (κ1) is 29.5. The molecule has 0 aromatic heterocycles. The maximum atomic E-state index is 11.2. The Balaban J connectivity index is 1.92. The second-order valence-corrected chi connectivity index (χ2v) is 11.2. The number of carbonyl (C=O) groups excluding carboxylic acids is 3. The number of hydrogen-bond donors (Lipinski definition) is 5. The second-order valence-electron chi connectivity index (χ2n) is 11.2. The lowest BCUT2D eigenvalue weighted by molar-refractivity contribution is -0.119. The summed E-state index contributed by atoms with van der Waals surface area (Å²) in [5.41, 5.74) is 16.0. The van der Waals surface area contributed by atoms with Crippen molar-refractivity contribution in [1.29, 1.82) is 0 Å². The number of nitrogens with zero attached hydrogens (tertiary/aromatic N) is 1. The maximum Gasteiger partial charge on any atom is 0.218 e. The molecule has 0 aromatic rings. The third kappa shape index (κ3) is 11.3. The molecule has 5 unspecified atom stereocenters. The number of hydrogen-bond acceptors (Lipinski definition) is 6. The molecule has 2 aliphatic carbocycles. The third-order valence-electron chi connectivity index (χ3n) is 8.36. The van der Waals surface area contributed by atoms with Crippen molar-refractivity contribution in [2.24, 2.45) is 34.5 Å². The first-order valence-electron chi connectivity index (χ1n) is 13.5. The van der Waals surface area contributed by atoms with E-state index in [0.717, 1.165) is 83.6 Å². The molecule has 2 aliphatic rings. The fourth-order valence-electron chi connectivity index (χ4n) is 6.37. The second kappa shape index (κ2) is 14.8. The van der Waals surface area contributed by atoms with Gasteiger partial charge in [0.1, 0.15) is 0 Å². The van der Waals surface area contributed by atoms with Crippen molar-refractivity contribution in [3.8, 4) is 0 Å². The van der Waals surface area contributed by atoms with Crippen molar-refractivity contribution < 1.29 is 24.6 Å². The summed E-state index contributed by atoms with van der Waals surface area (Å²) < 4.78 is 0. The molecule has 202 valence electrons. The van der Waals surface area contributed by atoms with E-state index in [1.807, 2.05) is 0 Å². The van der Waals surface area contributed by atoms with Gasteiger partial charge in [0, 0.05) is 32.4 Å². The molecule has 2 saturated carbocycles. The van der Waals surface area contributed by atoms with E-state index in [2.05, 4.69) is 4.90 Å². The van der Waals surface area contributed by atoms with E-state index in [9.17, 15) is 24.6 Å². The molecule has 0 spiro atoms. The lowest BCUT2D eigenvalue weighted by Gasteiger charge is -2.38. The highest BCUT2D eigenvalue weighted by molar-refractivity contribution is 5.74. The average molecular weight is 497 g/mol. The molecule has 9 heteroatoms. The number of amides is 3. The molecule has 0 aromatic carbocycles. The van der Waals surface area contributed by atoms with Gasteiger partial charge in [0.05, 0.1) is 12.2 Å². The Bertz CT molecular complexity index is 673. The summed E-state index contributed by atoms with van der Waals surface area (Å²) in [6.45, 7) is 1.81. The predicted octanol–water partition coefficient (Wildman–Crippen LogP) is 1.56. The van der Waals surface area contributed by atoms with E-state index >= 15 is 0 Å². The Morgan fingerprint density at radius 1 is 0.743 bits per heavy atom. The number of primary amides is 3. The Morgan fingerprint density at radius 3 is 1.97 bits per heavy atom. The molecule has 9 nitrogen and oxygen atoms in total. The van der Waals surface area contributed by atoms with Crippen molar-refractivity contribution in [3.05, 3.63) is 0 Å². The Morgan fingerprint density at radius 2 is 1.40 bits per heavy atom. The SMILES string of the molecule is NC(=O)CCCC1CC(O)CCC1CCC1(CCCN(CCC(N)=O)CCC(N)=O)CCC(O)C1. The summed E-state index contributed by atoms with van der Waals surface area (Å²) in [7, 11) is 0. The van der Waals surface area contributed by atoms with Crippen molar-refractivity contribution in [2.75, 3.05) is 19.6 Å². The normalized spacial score (nSPS) is 28.9. The van der Waals surface area contributed by atoms with Crippen LogP contribution in [0.4, 0.5) is 0 Å². The van der Waals surface area contributed by atoms with Crippen LogP contribution in [0.15, 0.2) is 0 Å². The maximum absolute atomic E-state index is 11.2. The van der Waals surface area contributed by atoms with Crippen molar-refractivity contribution in [1.82, 2.24) is 4.90 Å². The summed E-state index contributed by atoms with van der Waals surface area (Å²) in [6, 6.07) is 0. The first-order valence-corrected chi connectivity index (χ1v) is 13.5. The van der Waals surface area contributed by atoms with Crippen molar-refractivity contribution in [2.45, 2.75) is 109 Å². The topological polar surface area (TPSA) is 173 Å². The predicted molar refractivity (Wildman–Crippen MR) is 135 cm³/mol. The smallest absolute Gasteiger partial charge is 0.218 e. The summed E-state index contributed by atoms with van der Waals surface area (Å²) in [5.74, 6) is -0.0273. The number of carbonyl (C=O) groups is 3. The van der Waals surface area contributed by atoms with Crippen LogP contribution >= 0.6 is 0 Å². The van der Waals surface area contributed by atoms with Gasteiger partial charge in [-0.2, -0.15) is 0 Å². The van der Waals surface area contributed by atoms with Gasteiger partial charge in [-0.3, -0.25) is 14.4 Å². The van der Waals surface area contributed by atoms with Crippen LogP contribution in [0, 0.1) is 17.3 Å². The van der Waals surface area contributed by atoms with Gasteiger partial charge in [0.15, 0.2) is 0 Å². The molecule has 0 aliphatic heterocycles. The number of aliphatic hydroxyl groups excluding tert-OH is 2. The largest absolute Gasteiger partial charge is 0.393 e. The molecule has 2 fully saturated rings. The summed E-state index contributed by atoms with van der Waals surface area (Å²) >= 11 is 0. The van der Waals surface area contributed by atoms with Crippen LogP contribution in [0.25, 0.3) is 0 Å². The fourth-order valence-corrected chi connectivity index (χ4v) is 6.37. The Labute approximate surface area is 210 Å². The lowest BCUT2D eigenvalue weighted by atomic mass is 9.69. The molecular formula is C26H48N4O5. The number of aliphatic hydroxyl groups is 2. The minimum absolute atomic E-state index is 0.103. The van der Waals surface area contributed by atoms with Crippen LogP contribution in [0.5, 0.6) is 0 Å². The Hall–Kier alpha value is -1.71. The van der Waals surface area contributed by atoms with Gasteiger partial charge in [-0.1, -0.05) is 0 Å². The standard InChI is InChI=1S/C26H48N4O5/c27-23(33)4-1-3-20-17-21(31)6-5-19(20)7-12-26(13-8-22(32)18-26)11-2-14-30(15-9-24(28)34)16-10-25(29)35/h19-22,31-32H,1-18H2,(H2,27,33)(H2,28,34)(H2,29,35). The highest BCUT2D eigenvalue weighted by Crippen LogP contribution is 2.48. The lowest BCUT2D eigenvalue weighted by Crippen LogP contribution is -2.33. The summed E-state index contributed by atoms with van der Waals surface area (Å²) in [5, 5.41) is 20.6. The van der Waals surface area contributed by atoms with Crippen LogP contribution in [-0.2, 0) is 14.4 Å². The molecule has 0 saturated heterocycles. The molecule has 0 heterocycles. The van der Waals surface area contributed by atoms with Gasteiger partial charge in [-0.05, 0) is 101 Å². The van der Waals surface area contributed by atoms with Crippen LogP contribution in [0.2, 0.25) is 0 Å². The van der Waals surface area contributed by atoms with E-state index in [1.54, 1.807) is 0 Å². The van der Waals surface area contributed by atoms with Gasteiger partial charge in [-0.15, -0.1) is 0 Å². The zero-order chi connectivity index (χ0) is 25.8. The van der Waals surface area contributed by atoms with Gasteiger partial charge >= 0.3 is 0 Å². The van der Waals surface area contributed by atoms with E-state index in [-0.39, 0.29) is 48.2 Å². The zero-order valence-electron chi connectivity index (χ0n) is 21.3. The Kier molecular flexibility index (Phi) is 12.4. The molecule has 5 atom stereocenters. The zero-order valence-corrected chi connectivity index (χ0v) is 21.3. The van der Waals surface area contributed by atoms with E-state index in [1.165, 1.54) is 0 Å². The first-order chi connectivity index (χ1) is 16.6. The van der Waals surface area contributed by atoms with Crippen LogP contribution in [-0.4, -0.2) is 64.7 Å². The van der Waals surface area contributed by atoms with Crippen LogP contribution in [0.1, 0.15) is 96.3 Å². The van der Waals surface area contributed by atoms with Crippen molar-refractivity contribution >= 4 is 17.7 Å². The van der Waals surface area contributed by atoms with Crippen molar-refractivity contribution in [3.63, 3.8) is 0 Å². The van der Waals surface area contributed by atoms with E-state index in [0.29, 0.717) is 31.3 Å². The molecular weight excluding hydrogens is 448 g/mol. The fraction of sp³-hybridized carbons (Fsp3) is 0.885. The number of rotatable bonds is 17.